The molecule has 0 unspecified atom stereocenters. The van der Waals surface area contributed by atoms with Crippen molar-refractivity contribution in [2.45, 2.75) is 0 Å². The highest BCUT2D eigenvalue weighted by atomic mass is 14.7. The van der Waals surface area contributed by atoms with Crippen LogP contribution in [0.1, 0.15) is 11.1 Å². The molecule has 1 N–H and O–H groups in total. The summed E-state index contributed by atoms with van der Waals surface area (Å²) in [5.74, 6) is 0. The molecule has 0 spiro atoms. The molecule has 0 aliphatic carbocycles. The first-order chi connectivity index (χ1) is 11.4. The second-order valence-corrected chi connectivity index (χ2v) is 5.34. The fourth-order valence-corrected chi connectivity index (χ4v) is 2.87. The summed E-state index contributed by atoms with van der Waals surface area (Å²) in [6.45, 7) is 0. The number of benzene rings is 2. The van der Waals surface area contributed by atoms with Gasteiger partial charge in [-0.25, -0.2) is 0 Å². The maximum Gasteiger partial charge on any atom is 0.0998 e. The number of aromatic amines is 1. The quantitative estimate of drug-likeness (QED) is 0.541. The van der Waals surface area contributed by atoms with E-state index in [-0.39, 0.29) is 0 Å². The molecule has 2 aromatic carbocycles. The summed E-state index contributed by atoms with van der Waals surface area (Å²) in [5, 5.41) is 11.7. The van der Waals surface area contributed by atoms with Gasteiger partial charge in [-0.05, 0) is 29.8 Å². The molecule has 0 saturated carbocycles. The Morgan fingerprint density at radius 3 is 2.78 bits per heavy atom. The number of para-hydroxylation sites is 1. The van der Waals surface area contributed by atoms with Gasteiger partial charge in [0, 0.05) is 34.2 Å². The lowest BCUT2D eigenvalue weighted by molar-refractivity contribution is 1.41. The number of H-pyrrole nitrogens is 1. The van der Waals surface area contributed by atoms with Gasteiger partial charge in [-0.2, -0.15) is 5.26 Å². The molecule has 3 heteroatoms. The maximum atomic E-state index is 9.64. The predicted octanol–water partition coefficient (Wildman–Crippen LogP) is 4.78. The van der Waals surface area contributed by atoms with Gasteiger partial charge in [0.1, 0.15) is 0 Å². The zero-order valence-corrected chi connectivity index (χ0v) is 12.3. The predicted molar refractivity (Wildman–Crippen MR) is 93.5 cm³/mol. The molecular formula is C20H13N3. The average molecular weight is 295 g/mol. The van der Waals surface area contributed by atoms with Crippen LogP contribution in [0.2, 0.25) is 0 Å². The average Bonchev–Trinajstić information content (AvgIpc) is 3.04. The van der Waals surface area contributed by atoms with E-state index in [1.807, 2.05) is 66.9 Å². The highest BCUT2D eigenvalue weighted by Gasteiger charge is 2.09. The Bertz CT molecular complexity index is 1080. The summed E-state index contributed by atoms with van der Waals surface area (Å²) >= 11 is 0. The normalized spacial score (nSPS) is 11.7. The Morgan fingerprint density at radius 2 is 1.87 bits per heavy atom. The van der Waals surface area contributed by atoms with Crippen LogP contribution in [0, 0.1) is 11.3 Å². The number of nitriles is 1. The minimum Gasteiger partial charge on any atom is -0.361 e. The van der Waals surface area contributed by atoms with E-state index in [1.165, 1.54) is 0 Å². The molecule has 0 amide bonds. The molecule has 0 bridgehead atoms. The van der Waals surface area contributed by atoms with E-state index < -0.39 is 0 Å². The minimum absolute atomic E-state index is 0.638. The maximum absolute atomic E-state index is 9.64. The lowest BCUT2D eigenvalue weighted by Crippen LogP contribution is -1.84. The minimum atomic E-state index is 0.638. The monoisotopic (exact) mass is 295 g/mol. The van der Waals surface area contributed by atoms with Gasteiger partial charge >= 0.3 is 0 Å². The van der Waals surface area contributed by atoms with Crippen LogP contribution in [0.25, 0.3) is 33.5 Å². The Labute approximate surface area is 133 Å². The number of hydrogen-bond acceptors (Lipinski definition) is 2. The van der Waals surface area contributed by atoms with Crippen LogP contribution in [0.5, 0.6) is 0 Å². The zero-order valence-electron chi connectivity index (χ0n) is 12.3. The van der Waals surface area contributed by atoms with Crippen molar-refractivity contribution in [1.82, 2.24) is 9.97 Å². The second-order valence-electron chi connectivity index (χ2n) is 5.34. The fourth-order valence-electron chi connectivity index (χ4n) is 2.87. The molecule has 0 aliphatic rings. The molecule has 4 rings (SSSR count). The van der Waals surface area contributed by atoms with Gasteiger partial charge in [-0.1, -0.05) is 36.4 Å². The van der Waals surface area contributed by atoms with Crippen LogP contribution >= 0.6 is 0 Å². The van der Waals surface area contributed by atoms with E-state index in [0.29, 0.717) is 5.57 Å². The number of nitrogens with zero attached hydrogens (tertiary/aromatic N) is 2. The van der Waals surface area contributed by atoms with E-state index in [1.54, 1.807) is 6.20 Å². The molecule has 0 radical (unpaired) electrons. The number of aromatic nitrogens is 2. The van der Waals surface area contributed by atoms with Crippen LogP contribution < -0.4 is 0 Å². The van der Waals surface area contributed by atoms with Crippen molar-refractivity contribution in [2.24, 2.45) is 0 Å². The molecule has 23 heavy (non-hydrogen) atoms. The molecule has 0 aliphatic heterocycles. The Kier molecular flexibility index (Phi) is 3.14. The topological polar surface area (TPSA) is 52.5 Å². The van der Waals surface area contributed by atoms with E-state index in [2.05, 4.69) is 16.0 Å². The van der Waals surface area contributed by atoms with Crippen molar-refractivity contribution in [3.8, 4) is 6.07 Å². The second kappa shape index (κ2) is 5.43. The number of hydrogen-bond donors (Lipinski definition) is 1. The van der Waals surface area contributed by atoms with Crippen molar-refractivity contribution in [1.29, 1.82) is 5.26 Å². The van der Waals surface area contributed by atoms with E-state index in [4.69, 9.17) is 0 Å². The molecule has 3 nitrogen and oxygen atoms in total. The number of rotatable bonds is 2. The number of nitrogens with one attached hydrogen (secondary N) is 1. The van der Waals surface area contributed by atoms with Gasteiger partial charge in [0.2, 0.25) is 0 Å². The van der Waals surface area contributed by atoms with E-state index >= 15 is 0 Å². The fraction of sp³-hybridized carbons (Fsp3) is 0. The number of allylic oxidation sites excluding steroid dienone is 1. The lowest BCUT2D eigenvalue weighted by Gasteiger charge is -2.03. The summed E-state index contributed by atoms with van der Waals surface area (Å²) in [4.78, 5) is 7.59. The van der Waals surface area contributed by atoms with Crippen LogP contribution in [-0.4, -0.2) is 9.97 Å². The van der Waals surface area contributed by atoms with Gasteiger partial charge in [0.15, 0.2) is 0 Å². The third kappa shape index (κ3) is 2.27. The summed E-state index contributed by atoms with van der Waals surface area (Å²) in [5.41, 5.74) is 4.51. The number of pyridine rings is 1. The van der Waals surface area contributed by atoms with Crippen molar-refractivity contribution in [2.75, 3.05) is 0 Å². The molecule has 0 saturated heterocycles. The Hall–Kier alpha value is -3.38. The van der Waals surface area contributed by atoms with E-state index in [0.717, 1.165) is 32.9 Å². The molecule has 2 heterocycles. The summed E-state index contributed by atoms with van der Waals surface area (Å²) in [6.07, 6.45) is 5.60. The Balaban J connectivity index is 1.93. The van der Waals surface area contributed by atoms with Crippen molar-refractivity contribution in [3.05, 3.63) is 78.1 Å². The summed E-state index contributed by atoms with van der Waals surface area (Å²) in [7, 11) is 0. The summed E-state index contributed by atoms with van der Waals surface area (Å²) in [6, 6.07) is 20.2. The van der Waals surface area contributed by atoms with Crippen LogP contribution in [0.4, 0.5) is 0 Å². The first kappa shape index (κ1) is 13.3. The number of fused-ring (bicyclic) bond motifs is 2. The third-order valence-electron chi connectivity index (χ3n) is 3.98. The first-order valence-electron chi connectivity index (χ1n) is 7.39. The molecule has 0 fully saturated rings. The zero-order chi connectivity index (χ0) is 15.6. The molecule has 2 aromatic heterocycles. The van der Waals surface area contributed by atoms with Gasteiger partial charge in [-0.15, -0.1) is 0 Å². The molecule has 108 valence electrons. The Morgan fingerprint density at radius 1 is 1.00 bits per heavy atom. The third-order valence-corrected chi connectivity index (χ3v) is 3.98. The highest BCUT2D eigenvalue weighted by Crippen LogP contribution is 2.28. The van der Waals surface area contributed by atoms with Crippen molar-refractivity contribution >= 4 is 33.5 Å². The highest BCUT2D eigenvalue weighted by molar-refractivity contribution is 6.03. The van der Waals surface area contributed by atoms with Crippen LogP contribution in [0.3, 0.4) is 0 Å². The van der Waals surface area contributed by atoms with Crippen molar-refractivity contribution in [3.63, 3.8) is 0 Å². The van der Waals surface area contributed by atoms with Gasteiger partial charge in [-0.3, -0.25) is 4.98 Å². The molecule has 4 aromatic rings. The van der Waals surface area contributed by atoms with Crippen LogP contribution in [-0.2, 0) is 0 Å². The first-order valence-corrected chi connectivity index (χ1v) is 7.39. The molecule has 0 atom stereocenters. The van der Waals surface area contributed by atoms with E-state index in [9.17, 15) is 5.26 Å². The summed E-state index contributed by atoms with van der Waals surface area (Å²) < 4.78 is 0. The smallest absolute Gasteiger partial charge is 0.0998 e. The van der Waals surface area contributed by atoms with Gasteiger partial charge < -0.3 is 4.98 Å². The standard InChI is InChI=1S/C20H13N3/c21-12-15(18-13-23-20-8-2-1-6-17(18)20)11-14-5-3-9-19-16(14)7-4-10-22-19/h1-11,13,23H/b15-11+. The van der Waals surface area contributed by atoms with Crippen LogP contribution in [0.15, 0.2) is 67.0 Å². The molecular weight excluding hydrogens is 282 g/mol. The van der Waals surface area contributed by atoms with Gasteiger partial charge in [0.05, 0.1) is 17.2 Å². The lowest BCUT2D eigenvalue weighted by atomic mass is 10.0. The SMILES string of the molecule is N#C/C(=C\c1cccc2ncccc12)c1c[nH]c2ccccc12. The largest absolute Gasteiger partial charge is 0.361 e. The van der Waals surface area contributed by atoms with Crippen molar-refractivity contribution < 1.29 is 0 Å². The van der Waals surface area contributed by atoms with Gasteiger partial charge in [0.25, 0.3) is 0 Å².